The fourth-order valence-electron chi connectivity index (χ4n) is 1.60. The molecular formula is C11H15N7O2. The molecule has 9 nitrogen and oxygen atoms in total. The van der Waals surface area contributed by atoms with Crippen molar-refractivity contribution in [2.24, 2.45) is 5.73 Å². The van der Waals surface area contributed by atoms with Crippen molar-refractivity contribution in [2.45, 2.75) is 13.0 Å². The molecule has 2 aromatic heterocycles. The van der Waals surface area contributed by atoms with Crippen LogP contribution in [-0.4, -0.2) is 45.0 Å². The fraction of sp³-hybridized carbons (Fsp3) is 0.364. The van der Waals surface area contributed by atoms with E-state index in [2.05, 4.69) is 24.8 Å². The molecule has 2 N–H and O–H groups in total. The summed E-state index contributed by atoms with van der Waals surface area (Å²) >= 11 is 0. The lowest BCUT2D eigenvalue weighted by atomic mass is 10.3. The zero-order valence-electron chi connectivity index (χ0n) is 11.4. The third kappa shape index (κ3) is 2.57. The molecule has 20 heavy (non-hydrogen) atoms. The molecule has 2 heterocycles. The Morgan fingerprint density at radius 2 is 2.15 bits per heavy atom. The van der Waals surface area contributed by atoms with Crippen molar-refractivity contribution < 1.29 is 9.53 Å². The summed E-state index contributed by atoms with van der Waals surface area (Å²) in [4.78, 5) is 24.9. The minimum absolute atomic E-state index is 0.297. The Morgan fingerprint density at radius 1 is 1.40 bits per heavy atom. The van der Waals surface area contributed by atoms with Crippen molar-refractivity contribution in [3.8, 4) is 5.82 Å². The van der Waals surface area contributed by atoms with Gasteiger partial charge in [0.15, 0.2) is 11.6 Å². The lowest BCUT2D eigenvalue weighted by Crippen LogP contribution is -2.27. The number of nitrogens with two attached hydrogens (primary N) is 1. The van der Waals surface area contributed by atoms with E-state index < -0.39 is 6.09 Å². The fourth-order valence-corrected chi connectivity index (χ4v) is 1.60. The lowest BCUT2D eigenvalue weighted by Gasteiger charge is -2.15. The maximum Gasteiger partial charge on any atom is 0.414 e. The van der Waals surface area contributed by atoms with E-state index in [0.29, 0.717) is 17.5 Å². The first-order chi connectivity index (χ1) is 9.54. The van der Waals surface area contributed by atoms with Crippen LogP contribution in [0.5, 0.6) is 0 Å². The zero-order chi connectivity index (χ0) is 14.7. The second kappa shape index (κ2) is 5.61. The number of hydrogen-bond acceptors (Lipinski definition) is 7. The molecule has 2 rings (SSSR count). The molecule has 0 saturated heterocycles. The Labute approximate surface area is 115 Å². The number of aromatic nitrogens is 5. The van der Waals surface area contributed by atoms with E-state index in [9.17, 15) is 4.79 Å². The summed E-state index contributed by atoms with van der Waals surface area (Å²) < 4.78 is 6.13. The first-order valence-electron chi connectivity index (χ1n) is 5.84. The van der Waals surface area contributed by atoms with E-state index in [0.717, 1.165) is 0 Å². The van der Waals surface area contributed by atoms with Gasteiger partial charge in [-0.15, -0.1) is 0 Å². The summed E-state index contributed by atoms with van der Waals surface area (Å²) in [6, 6.07) is 1.30. The molecule has 0 unspecified atom stereocenters. The molecule has 0 saturated carbocycles. The maximum absolute atomic E-state index is 11.5. The van der Waals surface area contributed by atoms with E-state index in [1.54, 1.807) is 20.0 Å². The van der Waals surface area contributed by atoms with Crippen LogP contribution in [0, 0.1) is 0 Å². The van der Waals surface area contributed by atoms with Crippen molar-refractivity contribution in [3.63, 3.8) is 0 Å². The van der Waals surface area contributed by atoms with Gasteiger partial charge in [0.25, 0.3) is 0 Å². The Balaban J connectivity index is 2.39. The average molecular weight is 277 g/mol. The van der Waals surface area contributed by atoms with Crippen molar-refractivity contribution in [1.29, 1.82) is 0 Å². The molecule has 0 radical (unpaired) electrons. The minimum atomic E-state index is -0.527. The normalized spacial score (nSPS) is 12.0. The largest absolute Gasteiger partial charge is 0.452 e. The van der Waals surface area contributed by atoms with E-state index in [1.807, 2.05) is 0 Å². The maximum atomic E-state index is 11.5. The van der Waals surface area contributed by atoms with E-state index in [1.165, 1.54) is 29.3 Å². The summed E-state index contributed by atoms with van der Waals surface area (Å²) in [6.45, 7) is 1.79. The summed E-state index contributed by atoms with van der Waals surface area (Å²) in [5, 5.41) is 4.07. The number of ether oxygens (including phenoxy) is 1. The molecule has 0 spiro atoms. The number of rotatable bonds is 3. The first-order valence-corrected chi connectivity index (χ1v) is 5.84. The standard InChI is InChI=1S/C11H15N7O2/c1-7(12)10-15-6-16-18(10)9-4-8(13-5-14-9)17(2)11(19)20-3/h4-7H,12H2,1-3H3/t7-/m0/s1. The highest BCUT2D eigenvalue weighted by atomic mass is 16.5. The molecule has 106 valence electrons. The first kappa shape index (κ1) is 13.9. The number of nitrogens with zero attached hydrogens (tertiary/aromatic N) is 6. The third-order valence-corrected chi connectivity index (χ3v) is 2.63. The van der Waals surface area contributed by atoms with Gasteiger partial charge in [-0.25, -0.2) is 19.7 Å². The van der Waals surface area contributed by atoms with Crippen LogP contribution in [0.15, 0.2) is 18.7 Å². The Bertz CT molecular complexity index is 610. The Hall–Kier alpha value is -2.55. The molecule has 1 atom stereocenters. The van der Waals surface area contributed by atoms with Gasteiger partial charge in [0.05, 0.1) is 13.2 Å². The van der Waals surface area contributed by atoms with E-state index in [-0.39, 0.29) is 6.04 Å². The second-order valence-electron chi connectivity index (χ2n) is 4.08. The van der Waals surface area contributed by atoms with Gasteiger partial charge in [0.1, 0.15) is 18.5 Å². The molecular weight excluding hydrogens is 262 g/mol. The molecule has 2 aromatic rings. The summed E-state index contributed by atoms with van der Waals surface area (Å²) in [7, 11) is 2.85. The zero-order valence-corrected chi connectivity index (χ0v) is 11.4. The van der Waals surface area contributed by atoms with Gasteiger partial charge in [0.2, 0.25) is 0 Å². The highest BCUT2D eigenvalue weighted by Gasteiger charge is 2.16. The predicted octanol–water partition coefficient (Wildman–Crippen LogP) is 0.280. The second-order valence-corrected chi connectivity index (χ2v) is 4.08. The monoisotopic (exact) mass is 277 g/mol. The van der Waals surface area contributed by atoms with Crippen molar-refractivity contribution in [3.05, 3.63) is 24.5 Å². The van der Waals surface area contributed by atoms with Crippen molar-refractivity contribution in [1.82, 2.24) is 24.7 Å². The molecule has 1 amide bonds. The van der Waals surface area contributed by atoms with Gasteiger partial charge in [-0.05, 0) is 6.92 Å². The number of carbonyl (C=O) groups is 1. The molecule has 9 heteroatoms. The van der Waals surface area contributed by atoms with Crippen LogP contribution < -0.4 is 10.6 Å². The number of hydrogen-bond donors (Lipinski definition) is 1. The van der Waals surface area contributed by atoms with Gasteiger partial charge >= 0.3 is 6.09 Å². The summed E-state index contributed by atoms with van der Waals surface area (Å²) in [5.74, 6) is 1.42. The molecule has 0 aliphatic rings. The molecule has 0 aliphatic carbocycles. The predicted molar refractivity (Wildman–Crippen MR) is 70.4 cm³/mol. The van der Waals surface area contributed by atoms with Gasteiger partial charge in [-0.2, -0.15) is 9.78 Å². The SMILES string of the molecule is COC(=O)N(C)c1cc(-n2ncnc2[C@H](C)N)ncn1. The van der Waals surface area contributed by atoms with Crippen LogP contribution in [-0.2, 0) is 4.74 Å². The van der Waals surface area contributed by atoms with Gasteiger partial charge in [-0.1, -0.05) is 0 Å². The van der Waals surface area contributed by atoms with Crippen LogP contribution in [0.3, 0.4) is 0 Å². The summed E-state index contributed by atoms with van der Waals surface area (Å²) in [6.07, 6.45) is 2.20. The molecule has 0 aromatic carbocycles. The number of anilines is 1. The average Bonchev–Trinajstić information content (AvgIpc) is 2.95. The molecule has 0 bridgehead atoms. The highest BCUT2D eigenvalue weighted by molar-refractivity contribution is 5.85. The van der Waals surface area contributed by atoms with E-state index in [4.69, 9.17) is 5.73 Å². The van der Waals surface area contributed by atoms with Crippen LogP contribution >= 0.6 is 0 Å². The van der Waals surface area contributed by atoms with Gasteiger partial charge < -0.3 is 10.5 Å². The third-order valence-electron chi connectivity index (χ3n) is 2.63. The van der Waals surface area contributed by atoms with Crippen LogP contribution in [0.4, 0.5) is 10.6 Å². The van der Waals surface area contributed by atoms with Crippen LogP contribution in [0.1, 0.15) is 18.8 Å². The molecule has 0 fully saturated rings. The number of methoxy groups -OCH3 is 1. The van der Waals surface area contributed by atoms with Crippen molar-refractivity contribution in [2.75, 3.05) is 19.1 Å². The summed E-state index contributed by atoms with van der Waals surface area (Å²) in [5.41, 5.74) is 5.81. The number of amides is 1. The van der Waals surface area contributed by atoms with Crippen molar-refractivity contribution >= 4 is 11.9 Å². The van der Waals surface area contributed by atoms with Gasteiger partial charge in [-0.3, -0.25) is 4.90 Å². The van der Waals surface area contributed by atoms with Gasteiger partial charge in [0, 0.05) is 13.1 Å². The smallest absolute Gasteiger partial charge is 0.414 e. The highest BCUT2D eigenvalue weighted by Crippen LogP contribution is 2.15. The Morgan fingerprint density at radius 3 is 2.80 bits per heavy atom. The van der Waals surface area contributed by atoms with E-state index >= 15 is 0 Å². The molecule has 0 aliphatic heterocycles. The topological polar surface area (TPSA) is 112 Å². The number of carbonyl (C=O) groups excluding carboxylic acids is 1. The lowest BCUT2D eigenvalue weighted by molar-refractivity contribution is 0.180. The van der Waals surface area contributed by atoms with Crippen LogP contribution in [0.2, 0.25) is 0 Å². The quantitative estimate of drug-likeness (QED) is 0.857. The van der Waals surface area contributed by atoms with Crippen LogP contribution in [0.25, 0.3) is 5.82 Å². The minimum Gasteiger partial charge on any atom is -0.452 e. The Kier molecular flexibility index (Phi) is 3.89.